The molecule has 0 bridgehead atoms. The molecule has 0 saturated heterocycles. The van der Waals surface area contributed by atoms with Crippen LogP contribution in [0.2, 0.25) is 0 Å². The molecule has 0 radical (unpaired) electrons. The smallest absolute Gasteiger partial charge is 0.462 e. The summed E-state index contributed by atoms with van der Waals surface area (Å²) < 4.78 is 26.3. The van der Waals surface area contributed by atoms with Crippen molar-refractivity contribution >= 4 is 19.8 Å². The third-order valence-corrected chi connectivity index (χ3v) is 8.81. The van der Waals surface area contributed by atoms with Crippen molar-refractivity contribution in [3.63, 3.8) is 0 Å². The van der Waals surface area contributed by atoms with E-state index in [1.165, 1.54) is 83.5 Å². The molecular formula is C41H73O8P. The molecule has 0 unspecified atom stereocenters. The number of carbonyl (C=O) groups is 2. The highest BCUT2D eigenvalue weighted by molar-refractivity contribution is 7.46. The van der Waals surface area contributed by atoms with Crippen LogP contribution in [0, 0.1) is 0 Å². The van der Waals surface area contributed by atoms with Crippen molar-refractivity contribution in [1.82, 2.24) is 0 Å². The Morgan fingerprint density at radius 1 is 0.520 bits per heavy atom. The molecule has 0 aliphatic heterocycles. The fourth-order valence-corrected chi connectivity index (χ4v) is 5.66. The molecule has 0 rings (SSSR count). The Balaban J connectivity index is 3.99. The molecule has 1 atom stereocenters. The van der Waals surface area contributed by atoms with Crippen LogP contribution in [0.15, 0.2) is 48.6 Å². The van der Waals surface area contributed by atoms with E-state index in [0.29, 0.717) is 12.8 Å². The maximum Gasteiger partial charge on any atom is 0.469 e. The van der Waals surface area contributed by atoms with Gasteiger partial charge in [-0.05, 0) is 70.6 Å². The van der Waals surface area contributed by atoms with Crippen molar-refractivity contribution in [3.8, 4) is 0 Å². The number of rotatable bonds is 36. The summed E-state index contributed by atoms with van der Waals surface area (Å²) >= 11 is 0. The monoisotopic (exact) mass is 725 g/mol. The second-order valence-electron chi connectivity index (χ2n) is 13.2. The van der Waals surface area contributed by atoms with Gasteiger partial charge in [-0.2, -0.15) is 0 Å². The summed E-state index contributed by atoms with van der Waals surface area (Å²) in [5.74, 6) is -0.913. The molecule has 0 aromatic rings. The maximum absolute atomic E-state index is 12.4. The summed E-state index contributed by atoms with van der Waals surface area (Å²) in [6.45, 7) is 3.60. The zero-order valence-electron chi connectivity index (χ0n) is 31.8. The molecule has 290 valence electrons. The van der Waals surface area contributed by atoms with Crippen LogP contribution >= 0.6 is 7.82 Å². The Labute approximate surface area is 305 Å². The van der Waals surface area contributed by atoms with Gasteiger partial charge in [-0.1, -0.05) is 146 Å². The summed E-state index contributed by atoms with van der Waals surface area (Å²) in [4.78, 5) is 42.8. The van der Waals surface area contributed by atoms with Crippen molar-refractivity contribution in [1.29, 1.82) is 0 Å². The average molecular weight is 725 g/mol. The Morgan fingerprint density at radius 2 is 0.920 bits per heavy atom. The fraction of sp³-hybridized carbons (Fsp3) is 0.756. The number of allylic oxidation sites excluding steroid dienone is 8. The molecule has 2 N–H and O–H groups in total. The number of hydrogen-bond acceptors (Lipinski definition) is 6. The first-order chi connectivity index (χ1) is 24.3. The van der Waals surface area contributed by atoms with Crippen molar-refractivity contribution < 1.29 is 37.9 Å². The van der Waals surface area contributed by atoms with Gasteiger partial charge in [-0.3, -0.25) is 14.1 Å². The highest BCUT2D eigenvalue weighted by Gasteiger charge is 2.22. The molecule has 0 aromatic heterocycles. The van der Waals surface area contributed by atoms with Crippen molar-refractivity contribution in [2.45, 2.75) is 187 Å². The highest BCUT2D eigenvalue weighted by atomic mass is 31.2. The molecule has 0 heterocycles. The molecule has 9 heteroatoms. The molecular weight excluding hydrogens is 651 g/mol. The number of esters is 2. The van der Waals surface area contributed by atoms with E-state index >= 15 is 0 Å². The lowest BCUT2D eigenvalue weighted by molar-refractivity contribution is -0.161. The predicted molar refractivity (Wildman–Crippen MR) is 207 cm³/mol. The largest absolute Gasteiger partial charge is 0.469 e. The van der Waals surface area contributed by atoms with Gasteiger partial charge >= 0.3 is 19.8 Å². The lowest BCUT2D eigenvalue weighted by Gasteiger charge is -2.18. The Bertz CT molecular complexity index is 952. The molecule has 0 fully saturated rings. The van der Waals surface area contributed by atoms with E-state index in [1.54, 1.807) is 0 Å². The quantitative estimate of drug-likeness (QED) is 0.0284. The number of unbranched alkanes of at least 4 members (excludes halogenated alkanes) is 18. The first-order valence-electron chi connectivity index (χ1n) is 19.9. The second kappa shape index (κ2) is 36.8. The van der Waals surface area contributed by atoms with Crippen molar-refractivity contribution in [2.24, 2.45) is 0 Å². The Kier molecular flexibility index (Phi) is 35.3. The summed E-state index contributed by atoms with van der Waals surface area (Å²) in [7, 11) is -4.76. The van der Waals surface area contributed by atoms with Gasteiger partial charge in [0, 0.05) is 12.8 Å². The van der Waals surface area contributed by atoms with Gasteiger partial charge in [0.05, 0.1) is 6.61 Å². The van der Waals surface area contributed by atoms with Crippen LogP contribution in [0.4, 0.5) is 0 Å². The first-order valence-corrected chi connectivity index (χ1v) is 21.5. The number of phosphoric acid groups is 1. The topological polar surface area (TPSA) is 119 Å². The number of ether oxygens (including phenoxy) is 2. The minimum atomic E-state index is -4.76. The third kappa shape index (κ3) is 38.8. The molecule has 0 spiro atoms. The van der Waals surface area contributed by atoms with E-state index in [9.17, 15) is 14.2 Å². The zero-order valence-corrected chi connectivity index (χ0v) is 32.7. The van der Waals surface area contributed by atoms with Crippen molar-refractivity contribution in [2.75, 3.05) is 13.2 Å². The van der Waals surface area contributed by atoms with E-state index < -0.39 is 32.5 Å². The molecule has 0 aliphatic carbocycles. The van der Waals surface area contributed by atoms with Gasteiger partial charge in [0.15, 0.2) is 6.10 Å². The van der Waals surface area contributed by atoms with E-state index in [1.807, 2.05) is 0 Å². The van der Waals surface area contributed by atoms with E-state index in [4.69, 9.17) is 19.3 Å². The summed E-state index contributed by atoms with van der Waals surface area (Å²) in [6.07, 6.45) is 43.9. The average Bonchev–Trinajstić information content (AvgIpc) is 3.08. The van der Waals surface area contributed by atoms with Gasteiger partial charge in [0.2, 0.25) is 0 Å². The van der Waals surface area contributed by atoms with Crippen LogP contribution in [0.1, 0.15) is 181 Å². The minimum Gasteiger partial charge on any atom is -0.462 e. The first kappa shape index (κ1) is 48.0. The normalized spacial score (nSPS) is 13.0. The van der Waals surface area contributed by atoms with Crippen LogP contribution in [0.5, 0.6) is 0 Å². The Hall–Kier alpha value is -1.99. The van der Waals surface area contributed by atoms with Crippen LogP contribution in [0.25, 0.3) is 0 Å². The SMILES string of the molecule is CCCC/C=C/CCCCCCCCCCCC(=O)O[C@H](COC(=O)CCCCCC/C=C/C/C=C/C/C=C/CCCCC)COP(=O)(O)O. The second-order valence-corrected chi connectivity index (χ2v) is 14.5. The van der Waals surface area contributed by atoms with Crippen LogP contribution < -0.4 is 0 Å². The molecule has 0 saturated carbocycles. The zero-order chi connectivity index (χ0) is 36.8. The van der Waals surface area contributed by atoms with Crippen LogP contribution in [-0.2, 0) is 28.2 Å². The predicted octanol–water partition coefficient (Wildman–Crippen LogP) is 12.0. The van der Waals surface area contributed by atoms with Gasteiger partial charge < -0.3 is 19.3 Å². The maximum atomic E-state index is 12.4. The van der Waals surface area contributed by atoms with Gasteiger partial charge in [0.1, 0.15) is 6.61 Å². The van der Waals surface area contributed by atoms with Gasteiger partial charge in [-0.15, -0.1) is 0 Å². The van der Waals surface area contributed by atoms with Gasteiger partial charge in [0.25, 0.3) is 0 Å². The lowest BCUT2D eigenvalue weighted by Crippen LogP contribution is -2.29. The van der Waals surface area contributed by atoms with E-state index in [0.717, 1.165) is 57.8 Å². The standard InChI is InChI=1S/C41H73O8P/c1-3-5-7-9-11-13-15-17-19-20-22-23-25-27-29-31-33-35-40(42)47-37-39(38-48-50(44,45)46)49-41(43)36-34-32-30-28-26-24-21-18-16-14-12-10-8-6-4-2/h10-13,17,19,22-23,39H,3-9,14-16,18,20-21,24-38H2,1-2H3,(H2,44,45,46)/b12-10+,13-11+,19-17+,23-22+/t39-/m1/s1. The molecule has 0 aromatic carbocycles. The molecule has 8 nitrogen and oxygen atoms in total. The van der Waals surface area contributed by atoms with Crippen LogP contribution in [-0.4, -0.2) is 41.0 Å². The number of hydrogen-bond donors (Lipinski definition) is 2. The third-order valence-electron chi connectivity index (χ3n) is 8.32. The highest BCUT2D eigenvalue weighted by Crippen LogP contribution is 2.36. The van der Waals surface area contributed by atoms with E-state index in [2.05, 4.69) is 67.0 Å². The number of phosphoric ester groups is 1. The summed E-state index contributed by atoms with van der Waals surface area (Å²) in [6, 6.07) is 0. The molecule has 0 amide bonds. The van der Waals surface area contributed by atoms with E-state index in [-0.39, 0.29) is 19.4 Å². The van der Waals surface area contributed by atoms with Gasteiger partial charge in [-0.25, -0.2) is 4.57 Å². The van der Waals surface area contributed by atoms with Crippen LogP contribution in [0.3, 0.4) is 0 Å². The number of carbonyl (C=O) groups excluding carboxylic acids is 2. The summed E-state index contributed by atoms with van der Waals surface area (Å²) in [5.41, 5.74) is 0. The van der Waals surface area contributed by atoms with Crippen molar-refractivity contribution in [3.05, 3.63) is 48.6 Å². The molecule has 0 aliphatic rings. The summed E-state index contributed by atoms with van der Waals surface area (Å²) in [5, 5.41) is 0. The fourth-order valence-electron chi connectivity index (χ4n) is 5.30. The minimum absolute atomic E-state index is 0.203. The lowest BCUT2D eigenvalue weighted by atomic mass is 10.1. The Morgan fingerprint density at radius 3 is 1.42 bits per heavy atom. The molecule has 50 heavy (non-hydrogen) atoms.